The molecule has 1 aliphatic rings. The van der Waals surface area contributed by atoms with E-state index in [-0.39, 0.29) is 17.9 Å². The van der Waals surface area contributed by atoms with Crippen molar-refractivity contribution in [3.63, 3.8) is 0 Å². The van der Waals surface area contributed by atoms with Crippen molar-refractivity contribution in [3.05, 3.63) is 52.3 Å². The average molecular weight is 432 g/mol. The molecule has 0 bridgehead atoms. The third-order valence-corrected chi connectivity index (χ3v) is 5.97. The number of hydrogen-bond acceptors (Lipinski definition) is 4. The lowest BCUT2D eigenvalue weighted by atomic mass is 9.90. The number of aryl methyl sites for hydroxylation is 1. The Bertz CT molecular complexity index is 885. The van der Waals surface area contributed by atoms with Crippen molar-refractivity contribution in [2.75, 3.05) is 34.2 Å². The molecule has 0 unspecified atom stereocenters. The number of benzene rings is 1. The summed E-state index contributed by atoms with van der Waals surface area (Å²) in [6.07, 6.45) is 4.31. The maximum Gasteiger partial charge on any atom is 0.254 e. The highest BCUT2D eigenvalue weighted by Gasteiger charge is 2.31. The molecule has 8 heteroatoms. The molecule has 7 nitrogen and oxygen atoms in total. The minimum Gasteiger partial charge on any atom is -0.355 e. The molecule has 2 amide bonds. The van der Waals surface area contributed by atoms with Crippen molar-refractivity contribution in [1.29, 1.82) is 0 Å². The van der Waals surface area contributed by atoms with Gasteiger partial charge in [-0.2, -0.15) is 5.10 Å². The number of piperidine rings is 1. The zero-order chi connectivity index (χ0) is 21.8. The molecule has 1 aliphatic heterocycles. The van der Waals surface area contributed by atoms with Crippen molar-refractivity contribution in [2.45, 2.75) is 25.3 Å². The number of amides is 2. The van der Waals surface area contributed by atoms with Gasteiger partial charge >= 0.3 is 0 Å². The average Bonchev–Trinajstić information content (AvgIpc) is 3.09. The van der Waals surface area contributed by atoms with Crippen LogP contribution in [0.5, 0.6) is 0 Å². The second kappa shape index (κ2) is 9.62. The molecule has 162 valence electrons. The number of likely N-dealkylation sites (N-methyl/N-ethyl adjacent to an activating group) is 1. The molecule has 2 heterocycles. The van der Waals surface area contributed by atoms with Crippen LogP contribution in [0.15, 0.2) is 30.5 Å². The van der Waals surface area contributed by atoms with Crippen LogP contribution >= 0.6 is 11.6 Å². The topological polar surface area (TPSA) is 70.5 Å². The predicted octanol–water partition coefficient (Wildman–Crippen LogP) is 2.52. The number of carbonyl (C=O) groups is 2. The molecule has 1 N–H and O–H groups in total. The highest BCUT2D eigenvalue weighted by Crippen LogP contribution is 2.27. The predicted molar refractivity (Wildman–Crippen MR) is 117 cm³/mol. The van der Waals surface area contributed by atoms with Gasteiger partial charge in [-0.05, 0) is 57.0 Å². The molecule has 0 aliphatic carbocycles. The van der Waals surface area contributed by atoms with Gasteiger partial charge in [0.05, 0.1) is 11.3 Å². The Hall–Kier alpha value is -2.38. The van der Waals surface area contributed by atoms with Crippen LogP contribution in [0.25, 0.3) is 0 Å². The molecule has 3 rings (SSSR count). The first-order chi connectivity index (χ1) is 14.3. The summed E-state index contributed by atoms with van der Waals surface area (Å²) in [5, 5.41) is 7.82. The van der Waals surface area contributed by atoms with Gasteiger partial charge in [0.1, 0.15) is 6.04 Å². The Labute approximate surface area is 183 Å². The molecular weight excluding hydrogens is 402 g/mol. The smallest absolute Gasteiger partial charge is 0.254 e. The number of likely N-dealkylation sites (tertiary alicyclic amines) is 1. The normalized spacial score (nSPS) is 16.0. The van der Waals surface area contributed by atoms with Gasteiger partial charge in [-0.3, -0.25) is 19.2 Å². The molecule has 1 aromatic carbocycles. The summed E-state index contributed by atoms with van der Waals surface area (Å²) in [7, 11) is 7.30. The van der Waals surface area contributed by atoms with Crippen molar-refractivity contribution >= 4 is 23.4 Å². The van der Waals surface area contributed by atoms with Gasteiger partial charge in [0.2, 0.25) is 5.91 Å². The van der Waals surface area contributed by atoms with Crippen molar-refractivity contribution in [3.8, 4) is 0 Å². The molecule has 1 fully saturated rings. The van der Waals surface area contributed by atoms with Crippen LogP contribution in [-0.2, 0) is 18.3 Å². The van der Waals surface area contributed by atoms with Crippen LogP contribution in [0.1, 0.15) is 40.5 Å². The summed E-state index contributed by atoms with van der Waals surface area (Å²) in [6.45, 7) is 1.42. The Balaban J connectivity index is 1.64. The van der Waals surface area contributed by atoms with E-state index in [4.69, 9.17) is 11.6 Å². The van der Waals surface area contributed by atoms with E-state index in [0.29, 0.717) is 29.6 Å². The first-order valence-electron chi connectivity index (χ1n) is 10.3. The van der Waals surface area contributed by atoms with Crippen LogP contribution in [0.4, 0.5) is 0 Å². The van der Waals surface area contributed by atoms with E-state index in [1.54, 1.807) is 17.9 Å². The maximum atomic E-state index is 13.3. The van der Waals surface area contributed by atoms with E-state index in [9.17, 15) is 9.59 Å². The SMILES string of the molecule is CNC(=O)c1cn(C)nc1CC1CCN(C(=O)[C@H](c2ccc(Cl)cc2)N(C)C)CC1. The Morgan fingerprint density at radius 3 is 2.43 bits per heavy atom. The fourth-order valence-corrected chi connectivity index (χ4v) is 4.25. The van der Waals surface area contributed by atoms with Crippen molar-refractivity contribution in [1.82, 2.24) is 24.9 Å². The first kappa shape index (κ1) is 22.3. The minimum atomic E-state index is -0.325. The van der Waals surface area contributed by atoms with Gasteiger partial charge in [-0.15, -0.1) is 0 Å². The van der Waals surface area contributed by atoms with Gasteiger partial charge in [0.15, 0.2) is 0 Å². The van der Waals surface area contributed by atoms with Gasteiger partial charge in [-0.25, -0.2) is 0 Å². The van der Waals surface area contributed by atoms with Gasteiger partial charge in [-0.1, -0.05) is 23.7 Å². The van der Waals surface area contributed by atoms with Crippen molar-refractivity contribution < 1.29 is 9.59 Å². The molecule has 0 radical (unpaired) electrons. The van der Waals surface area contributed by atoms with Crippen molar-refractivity contribution in [2.24, 2.45) is 13.0 Å². The number of rotatable bonds is 6. The summed E-state index contributed by atoms with van der Waals surface area (Å²) in [6, 6.07) is 7.15. The van der Waals surface area contributed by atoms with E-state index in [1.807, 2.05) is 55.2 Å². The zero-order valence-corrected chi connectivity index (χ0v) is 18.8. The fourth-order valence-electron chi connectivity index (χ4n) is 4.12. The summed E-state index contributed by atoms with van der Waals surface area (Å²) in [5.41, 5.74) is 2.41. The third-order valence-electron chi connectivity index (χ3n) is 5.72. The first-order valence-corrected chi connectivity index (χ1v) is 10.6. The lowest BCUT2D eigenvalue weighted by molar-refractivity contribution is -0.137. The standard InChI is InChI=1S/C22H30ClN5O2/c1-24-21(29)18-14-27(4)25-19(18)13-15-9-11-28(12-10-15)22(30)20(26(2)3)16-5-7-17(23)8-6-16/h5-8,14-15,20H,9-13H2,1-4H3,(H,24,29)/t20-/m0/s1. The van der Waals surface area contributed by atoms with Crippen LogP contribution in [0.2, 0.25) is 5.02 Å². The number of nitrogens with one attached hydrogen (secondary N) is 1. The maximum absolute atomic E-state index is 13.3. The van der Waals surface area contributed by atoms with Gasteiger partial charge in [0, 0.05) is 38.4 Å². The quantitative estimate of drug-likeness (QED) is 0.762. The number of hydrogen-bond donors (Lipinski definition) is 1. The highest BCUT2D eigenvalue weighted by atomic mass is 35.5. The molecule has 0 saturated carbocycles. The molecule has 1 aromatic heterocycles. The van der Waals surface area contributed by atoms with E-state index in [1.165, 1.54) is 0 Å². The largest absolute Gasteiger partial charge is 0.355 e. The Morgan fingerprint density at radius 1 is 1.23 bits per heavy atom. The molecular formula is C22H30ClN5O2. The van der Waals surface area contributed by atoms with E-state index >= 15 is 0 Å². The second-order valence-electron chi connectivity index (χ2n) is 8.13. The van der Waals surface area contributed by atoms with Crippen LogP contribution < -0.4 is 5.32 Å². The van der Waals surface area contributed by atoms with Gasteiger partial charge < -0.3 is 10.2 Å². The van der Waals surface area contributed by atoms with Crippen LogP contribution in [0, 0.1) is 5.92 Å². The number of halogens is 1. The summed E-state index contributed by atoms with van der Waals surface area (Å²) < 4.78 is 1.69. The second-order valence-corrected chi connectivity index (χ2v) is 8.57. The summed E-state index contributed by atoms with van der Waals surface area (Å²) >= 11 is 6.01. The molecule has 30 heavy (non-hydrogen) atoms. The number of aromatic nitrogens is 2. The summed E-state index contributed by atoms with van der Waals surface area (Å²) in [4.78, 5) is 29.3. The monoisotopic (exact) mass is 431 g/mol. The Kier molecular flexibility index (Phi) is 7.15. The third kappa shape index (κ3) is 5.02. The fraction of sp³-hybridized carbons (Fsp3) is 0.500. The Morgan fingerprint density at radius 2 is 1.87 bits per heavy atom. The molecule has 0 spiro atoms. The van der Waals surface area contributed by atoms with E-state index < -0.39 is 0 Å². The highest BCUT2D eigenvalue weighted by molar-refractivity contribution is 6.30. The number of carbonyl (C=O) groups excluding carboxylic acids is 2. The van der Waals surface area contributed by atoms with Crippen LogP contribution in [-0.4, -0.2) is 65.6 Å². The number of nitrogens with zero attached hydrogens (tertiary/aromatic N) is 4. The lowest BCUT2D eigenvalue weighted by Crippen LogP contribution is -2.44. The lowest BCUT2D eigenvalue weighted by Gasteiger charge is -2.36. The molecule has 2 aromatic rings. The molecule has 1 saturated heterocycles. The summed E-state index contributed by atoms with van der Waals surface area (Å²) in [5.74, 6) is 0.410. The zero-order valence-electron chi connectivity index (χ0n) is 18.1. The minimum absolute atomic E-state index is 0.109. The van der Waals surface area contributed by atoms with E-state index in [0.717, 1.165) is 30.5 Å². The molecule has 1 atom stereocenters. The van der Waals surface area contributed by atoms with Gasteiger partial charge in [0.25, 0.3) is 5.91 Å². The van der Waals surface area contributed by atoms with Crippen LogP contribution in [0.3, 0.4) is 0 Å². The van der Waals surface area contributed by atoms with E-state index in [2.05, 4.69) is 10.4 Å².